The van der Waals surface area contributed by atoms with Gasteiger partial charge < -0.3 is 4.74 Å². The molecule has 0 aromatic heterocycles. The number of rotatable bonds is 3. The van der Waals surface area contributed by atoms with Gasteiger partial charge in [0.05, 0.1) is 24.3 Å². The second kappa shape index (κ2) is 4.77. The lowest BCUT2D eigenvalue weighted by atomic mass is 10.2. The van der Waals surface area contributed by atoms with Crippen LogP contribution in [0.3, 0.4) is 0 Å². The molecule has 0 N–H and O–H groups in total. The van der Waals surface area contributed by atoms with E-state index in [-0.39, 0.29) is 11.6 Å². The average Bonchev–Trinajstić information content (AvgIpc) is 2.49. The molecule has 0 spiro atoms. The summed E-state index contributed by atoms with van der Waals surface area (Å²) in [5.74, 6) is 0. The minimum absolute atomic E-state index is 0.0676. The van der Waals surface area contributed by atoms with Gasteiger partial charge in [-0.1, -0.05) is 0 Å². The van der Waals surface area contributed by atoms with Crippen molar-refractivity contribution in [2.45, 2.75) is 45.3 Å². The van der Waals surface area contributed by atoms with E-state index >= 15 is 0 Å². The van der Waals surface area contributed by atoms with Crippen LogP contribution in [0.25, 0.3) is 0 Å². The van der Waals surface area contributed by atoms with Crippen molar-refractivity contribution >= 4 is 0 Å². The van der Waals surface area contributed by atoms with Gasteiger partial charge in [0, 0.05) is 6.54 Å². The fraction of sp³-hybridized carbons (Fsp3) is 0.909. The summed E-state index contributed by atoms with van der Waals surface area (Å²) in [5.41, 5.74) is -0.0676. The molecule has 1 fully saturated rings. The first-order valence-electron chi connectivity index (χ1n) is 5.30. The molecular weight excluding hydrogens is 176 g/mol. The highest BCUT2D eigenvalue weighted by Crippen LogP contribution is 2.16. The van der Waals surface area contributed by atoms with E-state index in [4.69, 9.17) is 10.00 Å². The molecule has 1 heterocycles. The van der Waals surface area contributed by atoms with Gasteiger partial charge >= 0.3 is 0 Å². The van der Waals surface area contributed by atoms with Crippen molar-refractivity contribution in [3.8, 4) is 6.07 Å². The van der Waals surface area contributed by atoms with Crippen LogP contribution in [-0.2, 0) is 4.74 Å². The molecular formula is C11H20N2O. The molecule has 0 saturated carbocycles. The Morgan fingerprint density at radius 2 is 2.21 bits per heavy atom. The van der Waals surface area contributed by atoms with Gasteiger partial charge in [-0.15, -0.1) is 0 Å². The third-order valence-corrected chi connectivity index (χ3v) is 2.43. The van der Waals surface area contributed by atoms with Crippen LogP contribution in [0.15, 0.2) is 0 Å². The Labute approximate surface area is 86.6 Å². The normalized spacial score (nSPS) is 23.7. The summed E-state index contributed by atoms with van der Waals surface area (Å²) >= 11 is 0. The van der Waals surface area contributed by atoms with Gasteiger partial charge in [0.25, 0.3) is 0 Å². The van der Waals surface area contributed by atoms with Crippen LogP contribution in [0.4, 0.5) is 0 Å². The first-order chi connectivity index (χ1) is 6.53. The van der Waals surface area contributed by atoms with Gasteiger partial charge in [-0.2, -0.15) is 5.26 Å². The van der Waals surface area contributed by atoms with Crippen molar-refractivity contribution in [1.82, 2.24) is 4.90 Å². The lowest BCUT2D eigenvalue weighted by molar-refractivity contribution is -0.0126. The van der Waals surface area contributed by atoms with E-state index in [0.29, 0.717) is 0 Å². The van der Waals surface area contributed by atoms with Crippen LogP contribution in [-0.4, -0.2) is 36.2 Å². The zero-order valence-electron chi connectivity index (χ0n) is 9.42. The fourth-order valence-electron chi connectivity index (χ4n) is 1.71. The zero-order valence-corrected chi connectivity index (χ0v) is 9.42. The zero-order chi connectivity index (χ0) is 10.6. The minimum Gasteiger partial charge on any atom is -0.375 e. The summed E-state index contributed by atoms with van der Waals surface area (Å²) in [7, 11) is 0. The monoisotopic (exact) mass is 196 g/mol. The summed E-state index contributed by atoms with van der Waals surface area (Å²) in [6.07, 6.45) is 2.17. The van der Waals surface area contributed by atoms with Crippen molar-refractivity contribution in [2.75, 3.05) is 19.7 Å². The van der Waals surface area contributed by atoms with Gasteiger partial charge in [0.2, 0.25) is 0 Å². The van der Waals surface area contributed by atoms with Crippen molar-refractivity contribution in [2.24, 2.45) is 0 Å². The lowest BCUT2D eigenvalue weighted by Gasteiger charge is -2.23. The lowest BCUT2D eigenvalue weighted by Crippen LogP contribution is -2.33. The minimum atomic E-state index is -0.0676. The number of nitriles is 1. The fourth-order valence-corrected chi connectivity index (χ4v) is 1.71. The topological polar surface area (TPSA) is 36.3 Å². The van der Waals surface area contributed by atoms with Crippen LogP contribution >= 0.6 is 0 Å². The summed E-state index contributed by atoms with van der Waals surface area (Å²) < 4.78 is 5.63. The van der Waals surface area contributed by atoms with Gasteiger partial charge in [-0.25, -0.2) is 0 Å². The predicted molar refractivity (Wildman–Crippen MR) is 55.9 cm³/mol. The molecule has 1 aliphatic heterocycles. The molecule has 0 aliphatic carbocycles. The first-order valence-corrected chi connectivity index (χ1v) is 5.30. The summed E-state index contributed by atoms with van der Waals surface area (Å²) in [6.45, 7) is 8.82. The van der Waals surface area contributed by atoms with Crippen molar-refractivity contribution in [3.05, 3.63) is 0 Å². The van der Waals surface area contributed by atoms with Crippen LogP contribution in [0, 0.1) is 11.3 Å². The van der Waals surface area contributed by atoms with E-state index in [1.807, 2.05) is 0 Å². The summed E-state index contributed by atoms with van der Waals surface area (Å²) in [5, 5.41) is 8.86. The molecule has 0 bridgehead atoms. The van der Waals surface area contributed by atoms with E-state index in [1.165, 1.54) is 0 Å². The number of hydrogen-bond acceptors (Lipinski definition) is 3. The van der Waals surface area contributed by atoms with Gasteiger partial charge in [-0.3, -0.25) is 4.90 Å². The molecule has 80 valence electrons. The number of nitrogens with zero attached hydrogens (tertiary/aromatic N) is 2. The SMILES string of the molecule is CC(C)(C)OCCN1CCCC1C#N. The second-order valence-corrected chi connectivity index (χ2v) is 4.78. The highest BCUT2D eigenvalue weighted by molar-refractivity contribution is 4.95. The molecule has 1 atom stereocenters. The molecule has 1 aliphatic rings. The van der Waals surface area contributed by atoms with Gasteiger partial charge in [0.15, 0.2) is 0 Å². The smallest absolute Gasteiger partial charge is 0.0979 e. The number of likely N-dealkylation sites (tertiary alicyclic amines) is 1. The Balaban J connectivity index is 2.22. The molecule has 0 amide bonds. The Kier molecular flexibility index (Phi) is 3.91. The van der Waals surface area contributed by atoms with Crippen LogP contribution in [0.5, 0.6) is 0 Å². The third-order valence-electron chi connectivity index (χ3n) is 2.43. The van der Waals surface area contributed by atoms with E-state index in [1.54, 1.807) is 0 Å². The summed E-state index contributed by atoms with van der Waals surface area (Å²) in [4.78, 5) is 2.21. The third kappa shape index (κ3) is 3.65. The predicted octanol–water partition coefficient (Wildman–Crippen LogP) is 1.79. The highest BCUT2D eigenvalue weighted by atomic mass is 16.5. The largest absolute Gasteiger partial charge is 0.375 e. The number of ether oxygens (including phenoxy) is 1. The van der Waals surface area contributed by atoms with Crippen LogP contribution in [0.1, 0.15) is 33.6 Å². The Hall–Kier alpha value is -0.590. The molecule has 1 rings (SSSR count). The summed E-state index contributed by atoms with van der Waals surface area (Å²) in [6, 6.07) is 2.46. The molecule has 0 radical (unpaired) electrons. The standard InChI is InChI=1S/C11H20N2O/c1-11(2,3)14-8-7-13-6-4-5-10(13)9-12/h10H,4-8H2,1-3H3. The quantitative estimate of drug-likeness (QED) is 0.690. The molecule has 3 heteroatoms. The molecule has 0 aromatic carbocycles. The number of hydrogen-bond donors (Lipinski definition) is 0. The Morgan fingerprint density at radius 1 is 1.50 bits per heavy atom. The maximum absolute atomic E-state index is 8.86. The molecule has 1 unspecified atom stereocenters. The van der Waals surface area contributed by atoms with Crippen molar-refractivity contribution < 1.29 is 4.74 Å². The molecule has 14 heavy (non-hydrogen) atoms. The molecule has 0 aromatic rings. The Morgan fingerprint density at radius 3 is 2.79 bits per heavy atom. The first kappa shape index (κ1) is 11.5. The second-order valence-electron chi connectivity index (χ2n) is 4.78. The van der Waals surface area contributed by atoms with Gasteiger partial charge in [-0.05, 0) is 40.2 Å². The maximum atomic E-state index is 8.86. The van der Waals surface area contributed by atoms with Crippen molar-refractivity contribution in [3.63, 3.8) is 0 Å². The highest BCUT2D eigenvalue weighted by Gasteiger charge is 2.23. The molecule has 1 saturated heterocycles. The molecule has 3 nitrogen and oxygen atoms in total. The van der Waals surface area contributed by atoms with E-state index in [9.17, 15) is 0 Å². The van der Waals surface area contributed by atoms with Crippen LogP contribution in [0.2, 0.25) is 0 Å². The Bertz CT molecular complexity index is 214. The van der Waals surface area contributed by atoms with E-state index < -0.39 is 0 Å². The van der Waals surface area contributed by atoms with E-state index in [2.05, 4.69) is 31.7 Å². The maximum Gasteiger partial charge on any atom is 0.0979 e. The van der Waals surface area contributed by atoms with E-state index in [0.717, 1.165) is 32.5 Å². The average molecular weight is 196 g/mol. The van der Waals surface area contributed by atoms with Gasteiger partial charge in [0.1, 0.15) is 0 Å². The van der Waals surface area contributed by atoms with Crippen molar-refractivity contribution in [1.29, 1.82) is 5.26 Å². The van der Waals surface area contributed by atoms with Crippen LogP contribution < -0.4 is 0 Å².